The van der Waals surface area contributed by atoms with Gasteiger partial charge < -0.3 is 15.0 Å². The second kappa shape index (κ2) is 7.91. The highest BCUT2D eigenvalue weighted by Gasteiger charge is 2.22. The molecule has 1 saturated heterocycles. The van der Waals surface area contributed by atoms with Crippen LogP contribution in [-0.2, 0) is 14.8 Å². The molecule has 138 valence electrons. The molecule has 0 radical (unpaired) electrons. The van der Waals surface area contributed by atoms with Crippen LogP contribution in [0.4, 0.5) is 11.4 Å². The monoisotopic (exact) mass is 487 g/mol. The van der Waals surface area contributed by atoms with E-state index in [1.165, 1.54) is 12.1 Å². The van der Waals surface area contributed by atoms with Crippen molar-refractivity contribution in [2.75, 3.05) is 36.5 Å². The fraction of sp³-hybridized carbons (Fsp3) is 0.235. The molecule has 0 atom stereocenters. The Morgan fingerprint density at radius 3 is 2.54 bits per heavy atom. The third-order valence-corrected chi connectivity index (χ3v) is 5.56. The van der Waals surface area contributed by atoms with E-state index in [0.29, 0.717) is 37.7 Å². The van der Waals surface area contributed by atoms with Crippen molar-refractivity contribution >= 4 is 49.9 Å². The first-order valence-electron chi connectivity index (χ1n) is 7.91. The summed E-state index contributed by atoms with van der Waals surface area (Å²) in [6, 6.07) is 11.7. The maximum Gasteiger partial charge on any atom is 0.257 e. The van der Waals surface area contributed by atoms with E-state index in [1.807, 2.05) is 23.1 Å². The van der Waals surface area contributed by atoms with Gasteiger partial charge in [-0.15, -0.1) is 0 Å². The SMILES string of the molecule is NS(=O)(=O)c1ccc(N2CCOCC2)c(C(=O)Nc2cccc(I)c2)c1. The van der Waals surface area contributed by atoms with Crippen LogP contribution in [0.5, 0.6) is 0 Å². The van der Waals surface area contributed by atoms with E-state index in [9.17, 15) is 13.2 Å². The first kappa shape index (κ1) is 19.1. The summed E-state index contributed by atoms with van der Waals surface area (Å²) in [4.78, 5) is 14.8. The van der Waals surface area contributed by atoms with Crippen LogP contribution in [0, 0.1) is 3.57 Å². The van der Waals surface area contributed by atoms with E-state index < -0.39 is 10.0 Å². The molecule has 0 unspecified atom stereocenters. The van der Waals surface area contributed by atoms with Gasteiger partial charge in [0.25, 0.3) is 5.91 Å². The van der Waals surface area contributed by atoms with Crippen LogP contribution in [0.1, 0.15) is 10.4 Å². The third kappa shape index (κ3) is 4.53. The Balaban J connectivity index is 1.99. The van der Waals surface area contributed by atoms with Crippen molar-refractivity contribution in [3.8, 4) is 0 Å². The number of halogens is 1. The molecular weight excluding hydrogens is 469 g/mol. The van der Waals surface area contributed by atoms with Crippen LogP contribution < -0.4 is 15.4 Å². The van der Waals surface area contributed by atoms with Crippen LogP contribution in [0.25, 0.3) is 0 Å². The standard InChI is InChI=1S/C17H18IN3O4S/c18-12-2-1-3-13(10-12)20-17(22)15-11-14(26(19,23)24)4-5-16(15)21-6-8-25-9-7-21/h1-5,10-11H,6-9H2,(H,20,22)(H2,19,23,24). The van der Waals surface area contributed by atoms with Gasteiger partial charge in [0.05, 0.1) is 23.7 Å². The van der Waals surface area contributed by atoms with Crippen molar-refractivity contribution in [1.29, 1.82) is 0 Å². The highest BCUT2D eigenvalue weighted by Crippen LogP contribution is 2.26. The zero-order valence-corrected chi connectivity index (χ0v) is 16.8. The number of hydrogen-bond acceptors (Lipinski definition) is 5. The summed E-state index contributed by atoms with van der Waals surface area (Å²) in [6.45, 7) is 2.35. The van der Waals surface area contributed by atoms with Gasteiger partial charge in [0.2, 0.25) is 10.0 Å². The first-order chi connectivity index (χ1) is 12.3. The summed E-state index contributed by atoms with van der Waals surface area (Å²) >= 11 is 2.16. The van der Waals surface area contributed by atoms with Gasteiger partial charge in [0.1, 0.15) is 0 Å². The van der Waals surface area contributed by atoms with Crippen molar-refractivity contribution in [3.05, 3.63) is 51.6 Å². The number of nitrogens with zero attached hydrogens (tertiary/aromatic N) is 1. The van der Waals surface area contributed by atoms with E-state index in [-0.39, 0.29) is 16.4 Å². The molecule has 1 amide bonds. The van der Waals surface area contributed by atoms with E-state index in [1.54, 1.807) is 12.1 Å². The Hall–Kier alpha value is -1.69. The molecule has 0 saturated carbocycles. The number of nitrogens with two attached hydrogens (primary N) is 1. The van der Waals surface area contributed by atoms with Crippen LogP contribution in [-0.4, -0.2) is 40.6 Å². The number of carbonyl (C=O) groups is 1. The summed E-state index contributed by atoms with van der Waals surface area (Å²) in [5.41, 5.74) is 1.55. The number of ether oxygens (including phenoxy) is 1. The van der Waals surface area contributed by atoms with Crippen molar-refractivity contribution in [1.82, 2.24) is 0 Å². The average Bonchev–Trinajstić information content (AvgIpc) is 2.61. The predicted molar refractivity (Wildman–Crippen MR) is 108 cm³/mol. The number of sulfonamides is 1. The predicted octanol–water partition coefficient (Wildman–Crippen LogP) is 2.03. The van der Waals surface area contributed by atoms with Crippen molar-refractivity contribution in [2.45, 2.75) is 4.90 Å². The van der Waals surface area contributed by atoms with Crippen molar-refractivity contribution in [3.63, 3.8) is 0 Å². The maximum absolute atomic E-state index is 12.9. The Morgan fingerprint density at radius 2 is 1.88 bits per heavy atom. The summed E-state index contributed by atoms with van der Waals surface area (Å²) < 4.78 is 29.7. The maximum atomic E-state index is 12.9. The quantitative estimate of drug-likeness (QED) is 0.643. The molecule has 0 bridgehead atoms. The molecule has 7 nitrogen and oxygen atoms in total. The van der Waals surface area contributed by atoms with Gasteiger partial charge in [-0.2, -0.15) is 0 Å². The van der Waals surface area contributed by atoms with Crippen LogP contribution in [0.2, 0.25) is 0 Å². The Labute approximate surface area is 165 Å². The molecule has 26 heavy (non-hydrogen) atoms. The lowest BCUT2D eigenvalue weighted by molar-refractivity contribution is 0.102. The first-order valence-corrected chi connectivity index (χ1v) is 10.5. The second-order valence-electron chi connectivity index (χ2n) is 5.79. The molecule has 3 N–H and O–H groups in total. The zero-order valence-electron chi connectivity index (χ0n) is 13.8. The number of morpholine rings is 1. The molecule has 2 aromatic carbocycles. The largest absolute Gasteiger partial charge is 0.378 e. The number of benzene rings is 2. The van der Waals surface area contributed by atoms with Gasteiger partial charge >= 0.3 is 0 Å². The normalized spacial score (nSPS) is 14.9. The van der Waals surface area contributed by atoms with Gasteiger partial charge in [0, 0.05) is 28.0 Å². The molecule has 0 aromatic heterocycles. The fourth-order valence-corrected chi connectivity index (χ4v) is 3.80. The topological polar surface area (TPSA) is 102 Å². The van der Waals surface area contributed by atoms with Crippen LogP contribution >= 0.6 is 22.6 Å². The zero-order chi connectivity index (χ0) is 18.7. The summed E-state index contributed by atoms with van der Waals surface area (Å²) in [5, 5.41) is 8.05. The number of hydrogen-bond donors (Lipinski definition) is 2. The summed E-state index contributed by atoms with van der Waals surface area (Å²) in [7, 11) is -3.91. The fourth-order valence-electron chi connectivity index (χ4n) is 2.72. The third-order valence-electron chi connectivity index (χ3n) is 3.98. The molecule has 0 spiro atoms. The smallest absolute Gasteiger partial charge is 0.257 e. The highest BCUT2D eigenvalue weighted by atomic mass is 127. The lowest BCUT2D eigenvalue weighted by Crippen LogP contribution is -2.37. The van der Waals surface area contributed by atoms with E-state index >= 15 is 0 Å². The summed E-state index contributed by atoms with van der Waals surface area (Å²) in [5.74, 6) is -0.390. The Bertz CT molecular complexity index is 927. The van der Waals surface area contributed by atoms with Crippen LogP contribution in [0.3, 0.4) is 0 Å². The second-order valence-corrected chi connectivity index (χ2v) is 8.59. The lowest BCUT2D eigenvalue weighted by Gasteiger charge is -2.30. The van der Waals surface area contributed by atoms with Gasteiger partial charge in [0.15, 0.2) is 0 Å². The molecule has 1 aliphatic heterocycles. The number of carbonyl (C=O) groups excluding carboxylic acids is 1. The molecule has 9 heteroatoms. The number of amides is 1. The molecule has 1 fully saturated rings. The van der Waals surface area contributed by atoms with E-state index in [2.05, 4.69) is 27.9 Å². The molecule has 2 aromatic rings. The minimum atomic E-state index is -3.91. The van der Waals surface area contributed by atoms with Crippen molar-refractivity contribution in [2.24, 2.45) is 5.14 Å². The average molecular weight is 487 g/mol. The molecule has 0 aliphatic carbocycles. The molecule has 3 rings (SSSR count). The van der Waals surface area contributed by atoms with Gasteiger partial charge in [-0.3, -0.25) is 4.79 Å². The highest BCUT2D eigenvalue weighted by molar-refractivity contribution is 14.1. The van der Waals surface area contributed by atoms with Crippen molar-refractivity contribution < 1.29 is 17.9 Å². The van der Waals surface area contributed by atoms with Gasteiger partial charge in [-0.25, -0.2) is 13.6 Å². The lowest BCUT2D eigenvalue weighted by atomic mass is 10.1. The minimum absolute atomic E-state index is 0.0951. The van der Waals surface area contributed by atoms with Gasteiger partial charge in [-0.05, 0) is 59.0 Å². The van der Waals surface area contributed by atoms with Crippen LogP contribution in [0.15, 0.2) is 47.4 Å². The molecular formula is C17H18IN3O4S. The van der Waals surface area contributed by atoms with E-state index in [4.69, 9.17) is 9.88 Å². The summed E-state index contributed by atoms with van der Waals surface area (Å²) in [6.07, 6.45) is 0. The number of anilines is 2. The number of rotatable bonds is 4. The Kier molecular flexibility index (Phi) is 5.80. The Morgan fingerprint density at radius 1 is 1.15 bits per heavy atom. The molecule has 1 heterocycles. The minimum Gasteiger partial charge on any atom is -0.378 e. The van der Waals surface area contributed by atoms with E-state index in [0.717, 1.165) is 3.57 Å². The molecule has 1 aliphatic rings. The number of nitrogens with one attached hydrogen (secondary N) is 1. The van der Waals surface area contributed by atoms with Gasteiger partial charge in [-0.1, -0.05) is 6.07 Å². The number of primary sulfonamides is 1.